The van der Waals surface area contributed by atoms with Crippen LogP contribution in [0.5, 0.6) is 0 Å². The monoisotopic (exact) mass is 297 g/mol. The van der Waals surface area contributed by atoms with E-state index in [1.165, 1.54) is 13.1 Å². The Kier molecular flexibility index (Phi) is 3.26. The molecular formula is C11H16BrN5. The molecule has 0 unspecified atom stereocenters. The number of piperazine rings is 1. The molecule has 2 aliphatic heterocycles. The van der Waals surface area contributed by atoms with Gasteiger partial charge >= 0.3 is 0 Å². The molecule has 3 heterocycles. The lowest BCUT2D eigenvalue weighted by atomic mass is 10.1. The second-order valence-electron chi connectivity index (χ2n) is 4.55. The van der Waals surface area contributed by atoms with Gasteiger partial charge in [-0.05, 0) is 15.9 Å². The minimum absolute atomic E-state index is 0.685. The molecule has 2 saturated heterocycles. The van der Waals surface area contributed by atoms with E-state index in [0.717, 1.165) is 36.6 Å². The Morgan fingerprint density at radius 3 is 2.47 bits per heavy atom. The zero-order valence-corrected chi connectivity index (χ0v) is 11.2. The van der Waals surface area contributed by atoms with Crippen molar-refractivity contribution in [1.29, 1.82) is 0 Å². The van der Waals surface area contributed by atoms with Crippen molar-refractivity contribution < 1.29 is 0 Å². The van der Waals surface area contributed by atoms with Gasteiger partial charge in [-0.2, -0.15) is 0 Å². The third-order valence-electron chi connectivity index (χ3n) is 3.42. The molecule has 5 nitrogen and oxygen atoms in total. The van der Waals surface area contributed by atoms with Crippen molar-refractivity contribution in [2.24, 2.45) is 0 Å². The van der Waals surface area contributed by atoms with Crippen LogP contribution in [0.15, 0.2) is 16.9 Å². The number of anilines is 1. The summed E-state index contributed by atoms with van der Waals surface area (Å²) in [6.45, 7) is 6.68. The molecule has 0 aliphatic carbocycles. The molecule has 1 aromatic heterocycles. The molecule has 6 heteroatoms. The molecule has 0 bridgehead atoms. The quantitative estimate of drug-likeness (QED) is 0.852. The van der Waals surface area contributed by atoms with Crippen LogP contribution in [0.2, 0.25) is 0 Å². The summed E-state index contributed by atoms with van der Waals surface area (Å²) in [6, 6.07) is 0.685. The fourth-order valence-corrected chi connectivity index (χ4v) is 2.57. The number of hydrogen-bond donors (Lipinski definition) is 1. The largest absolute Gasteiger partial charge is 0.338 e. The van der Waals surface area contributed by atoms with Gasteiger partial charge in [-0.25, -0.2) is 9.97 Å². The predicted molar refractivity (Wildman–Crippen MR) is 70.2 cm³/mol. The van der Waals surface area contributed by atoms with Gasteiger partial charge in [0.15, 0.2) is 0 Å². The summed E-state index contributed by atoms with van der Waals surface area (Å²) in [4.78, 5) is 13.4. The van der Waals surface area contributed by atoms with Crippen molar-refractivity contribution >= 4 is 21.9 Å². The number of hydrogen-bond acceptors (Lipinski definition) is 5. The highest BCUT2D eigenvalue weighted by atomic mass is 79.9. The second-order valence-corrected chi connectivity index (χ2v) is 5.46. The summed E-state index contributed by atoms with van der Waals surface area (Å²) in [5, 5.41) is 3.38. The lowest BCUT2D eigenvalue weighted by Gasteiger charge is -2.46. The maximum absolute atomic E-state index is 4.32. The average Bonchev–Trinajstić information content (AvgIpc) is 2.31. The molecule has 0 atom stereocenters. The number of nitrogens with one attached hydrogen (secondary N) is 1. The SMILES string of the molecule is Brc1cnc(N2CC(N3CCNCC3)C2)nc1. The molecule has 17 heavy (non-hydrogen) atoms. The van der Waals surface area contributed by atoms with Crippen LogP contribution in [-0.4, -0.2) is 60.2 Å². The van der Waals surface area contributed by atoms with Crippen LogP contribution in [0, 0.1) is 0 Å². The lowest BCUT2D eigenvalue weighted by molar-refractivity contribution is 0.146. The van der Waals surface area contributed by atoms with Crippen molar-refractivity contribution in [3.8, 4) is 0 Å². The zero-order chi connectivity index (χ0) is 11.7. The molecule has 0 aromatic carbocycles. The summed E-state index contributed by atoms with van der Waals surface area (Å²) in [6.07, 6.45) is 3.61. The molecule has 92 valence electrons. The van der Waals surface area contributed by atoms with Crippen LogP contribution < -0.4 is 10.2 Å². The van der Waals surface area contributed by atoms with E-state index in [2.05, 4.69) is 41.0 Å². The highest BCUT2D eigenvalue weighted by Gasteiger charge is 2.33. The van der Waals surface area contributed by atoms with Crippen LogP contribution in [0.4, 0.5) is 5.95 Å². The number of halogens is 1. The summed E-state index contributed by atoms with van der Waals surface area (Å²) < 4.78 is 0.931. The highest BCUT2D eigenvalue weighted by molar-refractivity contribution is 9.10. The van der Waals surface area contributed by atoms with Gasteiger partial charge in [0.05, 0.1) is 4.47 Å². The lowest BCUT2D eigenvalue weighted by Crippen LogP contribution is -2.63. The molecule has 1 N–H and O–H groups in total. The number of nitrogens with zero attached hydrogens (tertiary/aromatic N) is 4. The second kappa shape index (κ2) is 4.88. The van der Waals surface area contributed by atoms with Crippen LogP contribution in [0.3, 0.4) is 0 Å². The van der Waals surface area contributed by atoms with Crippen LogP contribution in [0.1, 0.15) is 0 Å². The van der Waals surface area contributed by atoms with Gasteiger partial charge in [0.1, 0.15) is 0 Å². The van der Waals surface area contributed by atoms with E-state index < -0.39 is 0 Å². The predicted octanol–water partition coefficient (Wildman–Crippen LogP) is 0.333. The molecule has 0 saturated carbocycles. The standard InChI is InChI=1S/C11H16BrN5/c12-9-5-14-11(15-6-9)17-7-10(8-17)16-3-1-13-2-4-16/h5-6,10,13H,1-4,7-8H2. The normalized spacial score (nSPS) is 22.5. The molecule has 2 fully saturated rings. The van der Waals surface area contributed by atoms with Gasteiger partial charge in [0.25, 0.3) is 0 Å². The maximum Gasteiger partial charge on any atom is 0.225 e. The van der Waals surface area contributed by atoms with E-state index in [9.17, 15) is 0 Å². The highest BCUT2D eigenvalue weighted by Crippen LogP contribution is 2.20. The minimum atomic E-state index is 0.685. The summed E-state index contributed by atoms with van der Waals surface area (Å²) in [5.74, 6) is 0.847. The van der Waals surface area contributed by atoms with Gasteiger partial charge in [-0.3, -0.25) is 4.90 Å². The smallest absolute Gasteiger partial charge is 0.225 e. The van der Waals surface area contributed by atoms with E-state index in [-0.39, 0.29) is 0 Å². The average molecular weight is 298 g/mol. The van der Waals surface area contributed by atoms with Crippen LogP contribution >= 0.6 is 15.9 Å². The maximum atomic E-state index is 4.32. The Morgan fingerprint density at radius 2 is 1.82 bits per heavy atom. The van der Waals surface area contributed by atoms with Gasteiger partial charge in [0.2, 0.25) is 5.95 Å². The Bertz CT molecular complexity index is 370. The third-order valence-corrected chi connectivity index (χ3v) is 3.83. The van der Waals surface area contributed by atoms with Gasteiger partial charge in [0, 0.05) is 57.7 Å². The molecule has 0 radical (unpaired) electrons. The first-order valence-electron chi connectivity index (χ1n) is 6.00. The summed E-state index contributed by atoms with van der Waals surface area (Å²) >= 11 is 3.35. The van der Waals surface area contributed by atoms with Gasteiger partial charge in [-0.15, -0.1) is 0 Å². The fourth-order valence-electron chi connectivity index (χ4n) is 2.37. The summed E-state index contributed by atoms with van der Waals surface area (Å²) in [5.41, 5.74) is 0. The van der Waals surface area contributed by atoms with Crippen LogP contribution in [0.25, 0.3) is 0 Å². The van der Waals surface area contributed by atoms with E-state index in [1.807, 2.05) is 0 Å². The van der Waals surface area contributed by atoms with Crippen molar-refractivity contribution in [1.82, 2.24) is 20.2 Å². The Hall–Kier alpha value is -0.720. The Balaban J connectivity index is 1.55. The fraction of sp³-hybridized carbons (Fsp3) is 0.636. The summed E-state index contributed by atoms with van der Waals surface area (Å²) in [7, 11) is 0. The van der Waals surface area contributed by atoms with E-state index >= 15 is 0 Å². The van der Waals surface area contributed by atoms with Crippen molar-refractivity contribution in [3.63, 3.8) is 0 Å². The number of rotatable bonds is 2. The first-order valence-corrected chi connectivity index (χ1v) is 6.79. The Morgan fingerprint density at radius 1 is 1.18 bits per heavy atom. The first kappa shape index (κ1) is 11.4. The Labute approximate surface area is 109 Å². The van der Waals surface area contributed by atoms with E-state index in [0.29, 0.717) is 6.04 Å². The molecule has 0 spiro atoms. The van der Waals surface area contributed by atoms with Crippen LogP contribution in [-0.2, 0) is 0 Å². The molecule has 3 rings (SSSR count). The minimum Gasteiger partial charge on any atom is -0.338 e. The van der Waals surface area contributed by atoms with Crippen molar-refractivity contribution in [2.75, 3.05) is 44.2 Å². The molecular weight excluding hydrogens is 282 g/mol. The first-order chi connectivity index (χ1) is 8.33. The zero-order valence-electron chi connectivity index (χ0n) is 9.64. The van der Waals surface area contributed by atoms with E-state index in [4.69, 9.17) is 0 Å². The van der Waals surface area contributed by atoms with Crippen molar-refractivity contribution in [2.45, 2.75) is 6.04 Å². The van der Waals surface area contributed by atoms with Crippen molar-refractivity contribution in [3.05, 3.63) is 16.9 Å². The molecule has 0 amide bonds. The molecule has 1 aromatic rings. The van der Waals surface area contributed by atoms with E-state index in [1.54, 1.807) is 12.4 Å². The number of aromatic nitrogens is 2. The van der Waals surface area contributed by atoms with Gasteiger partial charge in [-0.1, -0.05) is 0 Å². The van der Waals surface area contributed by atoms with Gasteiger partial charge < -0.3 is 10.2 Å². The third kappa shape index (κ3) is 2.43. The molecule has 2 aliphatic rings. The topological polar surface area (TPSA) is 44.3 Å².